The molecular weight excluding hydrogens is 260 g/mol. The molecule has 0 unspecified atom stereocenters. The number of hydrogen-bond acceptors (Lipinski definition) is 2. The van der Waals surface area contributed by atoms with Gasteiger partial charge in [0.1, 0.15) is 11.6 Å². The number of likely N-dealkylation sites (N-methyl/N-ethyl adjacent to an activating group) is 1. The molecule has 2 rings (SSSR count). The SMILES string of the molecule is CNCCc1ccccc1C(=O)c1c(F)cccc1F. The average molecular weight is 275 g/mol. The van der Waals surface area contributed by atoms with Crippen molar-refractivity contribution in [2.24, 2.45) is 0 Å². The lowest BCUT2D eigenvalue weighted by atomic mass is 9.96. The Morgan fingerprint density at radius 1 is 1.05 bits per heavy atom. The van der Waals surface area contributed by atoms with Gasteiger partial charge in [-0.05, 0) is 37.7 Å². The molecule has 0 aliphatic heterocycles. The number of ketones is 1. The van der Waals surface area contributed by atoms with Gasteiger partial charge in [-0.15, -0.1) is 0 Å². The molecule has 0 aromatic heterocycles. The van der Waals surface area contributed by atoms with Crippen molar-refractivity contribution in [3.8, 4) is 0 Å². The third-order valence-corrected chi connectivity index (χ3v) is 3.10. The molecule has 0 aliphatic carbocycles. The van der Waals surface area contributed by atoms with Crippen LogP contribution in [0.25, 0.3) is 0 Å². The van der Waals surface area contributed by atoms with Crippen LogP contribution in [0.1, 0.15) is 21.5 Å². The summed E-state index contributed by atoms with van der Waals surface area (Å²) in [5.74, 6) is -2.29. The van der Waals surface area contributed by atoms with Crippen LogP contribution in [0.3, 0.4) is 0 Å². The Balaban J connectivity index is 2.43. The molecule has 2 nitrogen and oxygen atoms in total. The minimum atomic E-state index is -0.835. The zero-order valence-electron chi connectivity index (χ0n) is 11.1. The summed E-state index contributed by atoms with van der Waals surface area (Å²) in [6.45, 7) is 0.685. The van der Waals surface area contributed by atoms with Crippen molar-refractivity contribution in [2.45, 2.75) is 6.42 Å². The van der Waals surface area contributed by atoms with E-state index in [2.05, 4.69) is 5.32 Å². The molecule has 0 aliphatic rings. The molecule has 0 saturated carbocycles. The van der Waals surface area contributed by atoms with Crippen molar-refractivity contribution in [2.75, 3.05) is 13.6 Å². The zero-order valence-corrected chi connectivity index (χ0v) is 11.1. The van der Waals surface area contributed by atoms with E-state index in [9.17, 15) is 13.6 Å². The van der Waals surface area contributed by atoms with Gasteiger partial charge in [-0.25, -0.2) is 8.78 Å². The van der Waals surface area contributed by atoms with Gasteiger partial charge in [0.15, 0.2) is 5.78 Å². The van der Waals surface area contributed by atoms with Crippen LogP contribution in [0.5, 0.6) is 0 Å². The van der Waals surface area contributed by atoms with Gasteiger partial charge < -0.3 is 5.32 Å². The molecule has 4 heteroatoms. The zero-order chi connectivity index (χ0) is 14.5. The standard InChI is InChI=1S/C16H15F2NO/c1-19-10-9-11-5-2-3-6-12(11)16(20)15-13(17)7-4-8-14(15)18/h2-8,19H,9-10H2,1H3. The van der Waals surface area contributed by atoms with E-state index in [-0.39, 0.29) is 0 Å². The van der Waals surface area contributed by atoms with E-state index >= 15 is 0 Å². The number of nitrogens with one attached hydrogen (secondary N) is 1. The maximum atomic E-state index is 13.7. The minimum Gasteiger partial charge on any atom is -0.319 e. The summed E-state index contributed by atoms with van der Waals surface area (Å²) in [5, 5.41) is 2.99. The largest absolute Gasteiger partial charge is 0.319 e. The topological polar surface area (TPSA) is 29.1 Å². The van der Waals surface area contributed by atoms with E-state index < -0.39 is 23.0 Å². The second-order valence-electron chi connectivity index (χ2n) is 4.44. The van der Waals surface area contributed by atoms with Crippen LogP contribution in [0.4, 0.5) is 8.78 Å². The molecule has 0 saturated heterocycles. The van der Waals surface area contributed by atoms with Gasteiger partial charge in [-0.2, -0.15) is 0 Å². The second-order valence-corrected chi connectivity index (χ2v) is 4.44. The smallest absolute Gasteiger partial charge is 0.199 e. The van der Waals surface area contributed by atoms with E-state index in [1.807, 2.05) is 0 Å². The first-order valence-electron chi connectivity index (χ1n) is 6.36. The summed E-state index contributed by atoms with van der Waals surface area (Å²) in [6.07, 6.45) is 0.620. The van der Waals surface area contributed by atoms with Crippen LogP contribution < -0.4 is 5.32 Å². The van der Waals surface area contributed by atoms with Crippen LogP contribution in [0, 0.1) is 11.6 Å². The van der Waals surface area contributed by atoms with E-state index in [1.54, 1.807) is 31.3 Å². The van der Waals surface area contributed by atoms with Crippen molar-refractivity contribution in [1.29, 1.82) is 0 Å². The molecule has 0 radical (unpaired) electrons. The molecular formula is C16H15F2NO. The Morgan fingerprint density at radius 2 is 1.70 bits per heavy atom. The normalized spacial score (nSPS) is 10.6. The first-order valence-corrected chi connectivity index (χ1v) is 6.36. The first kappa shape index (κ1) is 14.3. The minimum absolute atomic E-state index is 0.340. The van der Waals surface area contributed by atoms with Crippen molar-refractivity contribution < 1.29 is 13.6 Å². The Bertz CT molecular complexity index is 605. The fraction of sp³-hybridized carbons (Fsp3) is 0.188. The van der Waals surface area contributed by atoms with Gasteiger partial charge in [0.25, 0.3) is 0 Å². The van der Waals surface area contributed by atoms with Crippen molar-refractivity contribution >= 4 is 5.78 Å². The molecule has 0 bridgehead atoms. The third-order valence-electron chi connectivity index (χ3n) is 3.10. The van der Waals surface area contributed by atoms with E-state index in [4.69, 9.17) is 0 Å². The lowest BCUT2D eigenvalue weighted by molar-refractivity contribution is 0.103. The molecule has 0 spiro atoms. The summed E-state index contributed by atoms with van der Waals surface area (Å²) >= 11 is 0. The van der Waals surface area contributed by atoms with Crippen LogP contribution >= 0.6 is 0 Å². The van der Waals surface area contributed by atoms with Gasteiger partial charge >= 0.3 is 0 Å². The number of hydrogen-bond donors (Lipinski definition) is 1. The van der Waals surface area contributed by atoms with Crippen molar-refractivity contribution in [1.82, 2.24) is 5.32 Å². The number of carbonyl (C=O) groups is 1. The Morgan fingerprint density at radius 3 is 2.35 bits per heavy atom. The maximum absolute atomic E-state index is 13.7. The summed E-state index contributed by atoms with van der Waals surface area (Å²) in [4.78, 5) is 12.4. The lowest BCUT2D eigenvalue weighted by Gasteiger charge is -2.09. The third kappa shape index (κ3) is 2.91. The first-order chi connectivity index (χ1) is 9.65. The summed E-state index contributed by atoms with van der Waals surface area (Å²) < 4.78 is 27.4. The molecule has 104 valence electrons. The Hall–Kier alpha value is -2.07. The Labute approximate surface area is 116 Å². The highest BCUT2D eigenvalue weighted by atomic mass is 19.1. The molecule has 2 aromatic carbocycles. The number of halogens is 2. The Kier molecular flexibility index (Phi) is 4.58. The molecule has 20 heavy (non-hydrogen) atoms. The highest BCUT2D eigenvalue weighted by molar-refractivity contribution is 6.10. The highest BCUT2D eigenvalue weighted by Gasteiger charge is 2.20. The molecule has 1 N–H and O–H groups in total. The van der Waals surface area contributed by atoms with Gasteiger partial charge in [-0.1, -0.05) is 30.3 Å². The molecule has 0 amide bonds. The summed E-state index contributed by atoms with van der Waals surface area (Å²) in [7, 11) is 1.81. The summed E-state index contributed by atoms with van der Waals surface area (Å²) in [6, 6.07) is 10.3. The highest BCUT2D eigenvalue weighted by Crippen LogP contribution is 2.20. The van der Waals surface area contributed by atoms with Gasteiger partial charge in [0, 0.05) is 5.56 Å². The van der Waals surface area contributed by atoms with E-state index in [1.165, 1.54) is 6.07 Å². The number of benzene rings is 2. The quantitative estimate of drug-likeness (QED) is 0.850. The number of carbonyl (C=O) groups excluding carboxylic acids is 1. The van der Waals surface area contributed by atoms with Crippen LogP contribution in [0.2, 0.25) is 0 Å². The van der Waals surface area contributed by atoms with Gasteiger partial charge in [-0.3, -0.25) is 4.79 Å². The molecule has 0 heterocycles. The second kappa shape index (κ2) is 6.39. The molecule has 0 atom stereocenters. The predicted molar refractivity (Wildman–Crippen MR) is 73.9 cm³/mol. The number of rotatable bonds is 5. The maximum Gasteiger partial charge on any atom is 0.199 e. The van der Waals surface area contributed by atoms with Gasteiger partial charge in [0.05, 0.1) is 5.56 Å². The van der Waals surface area contributed by atoms with E-state index in [0.717, 1.165) is 17.7 Å². The molecule has 2 aromatic rings. The summed E-state index contributed by atoms with van der Waals surface area (Å²) in [5.41, 5.74) is 0.616. The fourth-order valence-electron chi connectivity index (χ4n) is 2.07. The van der Waals surface area contributed by atoms with Crippen molar-refractivity contribution in [3.05, 3.63) is 70.8 Å². The average Bonchev–Trinajstić information content (AvgIpc) is 2.45. The van der Waals surface area contributed by atoms with Crippen molar-refractivity contribution in [3.63, 3.8) is 0 Å². The fourth-order valence-corrected chi connectivity index (χ4v) is 2.07. The van der Waals surface area contributed by atoms with Gasteiger partial charge in [0.2, 0.25) is 0 Å². The van der Waals surface area contributed by atoms with E-state index in [0.29, 0.717) is 18.5 Å². The molecule has 0 fully saturated rings. The predicted octanol–water partition coefficient (Wildman–Crippen LogP) is 2.96. The monoisotopic (exact) mass is 275 g/mol. The van der Waals surface area contributed by atoms with Crippen LogP contribution in [-0.2, 0) is 6.42 Å². The van der Waals surface area contributed by atoms with Crippen LogP contribution in [0.15, 0.2) is 42.5 Å². The van der Waals surface area contributed by atoms with Crippen LogP contribution in [-0.4, -0.2) is 19.4 Å². The lowest BCUT2D eigenvalue weighted by Crippen LogP contribution is -2.14.